The van der Waals surface area contributed by atoms with Gasteiger partial charge in [-0.2, -0.15) is 0 Å². The number of rotatable bonds is 7. The summed E-state index contributed by atoms with van der Waals surface area (Å²) in [7, 11) is 0. The first-order valence-corrected chi connectivity index (χ1v) is 8.69. The van der Waals surface area contributed by atoms with Crippen LogP contribution in [0.4, 0.5) is 0 Å². The molecular weight excluding hydrogens is 316 g/mol. The monoisotopic (exact) mass is 342 g/mol. The van der Waals surface area contributed by atoms with Gasteiger partial charge in [-0.3, -0.25) is 9.78 Å². The van der Waals surface area contributed by atoms with Gasteiger partial charge in [-0.15, -0.1) is 0 Å². The van der Waals surface area contributed by atoms with Crippen molar-refractivity contribution in [3.05, 3.63) is 41.6 Å². The van der Waals surface area contributed by atoms with E-state index in [-0.39, 0.29) is 18.6 Å². The first-order valence-electron chi connectivity index (χ1n) is 8.69. The summed E-state index contributed by atoms with van der Waals surface area (Å²) in [6.45, 7) is 7.81. The Kier molecular flexibility index (Phi) is 6.51. The number of carbonyl (C=O) groups is 2. The maximum Gasteiger partial charge on any atom is 0.339 e. The molecule has 2 rings (SSSR count). The van der Waals surface area contributed by atoms with E-state index in [4.69, 9.17) is 4.74 Å². The van der Waals surface area contributed by atoms with Gasteiger partial charge in [0.05, 0.1) is 11.1 Å². The SMILES string of the molecule is Cc1cc(C(=O)OCC(=O)N[C@H](C)CCC(C)C)c2ccccc2n1. The van der Waals surface area contributed by atoms with Gasteiger partial charge in [-0.05, 0) is 44.7 Å². The van der Waals surface area contributed by atoms with Crippen molar-refractivity contribution < 1.29 is 14.3 Å². The maximum atomic E-state index is 12.4. The molecule has 1 aromatic heterocycles. The van der Waals surface area contributed by atoms with Gasteiger partial charge in [0.2, 0.25) is 0 Å². The van der Waals surface area contributed by atoms with E-state index in [0.717, 1.165) is 29.4 Å². The molecule has 0 radical (unpaired) electrons. The lowest BCUT2D eigenvalue weighted by Crippen LogP contribution is -2.36. The number of amides is 1. The highest BCUT2D eigenvalue weighted by Crippen LogP contribution is 2.19. The normalized spacial score (nSPS) is 12.2. The summed E-state index contributed by atoms with van der Waals surface area (Å²) >= 11 is 0. The van der Waals surface area contributed by atoms with Gasteiger partial charge in [0.15, 0.2) is 6.61 Å². The number of pyridine rings is 1. The molecule has 1 atom stereocenters. The maximum absolute atomic E-state index is 12.4. The second-order valence-electron chi connectivity index (χ2n) is 6.84. The van der Waals surface area contributed by atoms with Crippen LogP contribution in [0.3, 0.4) is 0 Å². The number of para-hydroxylation sites is 1. The fraction of sp³-hybridized carbons (Fsp3) is 0.450. The predicted octanol–water partition coefficient (Wildman–Crippen LogP) is 3.64. The highest BCUT2D eigenvalue weighted by Gasteiger charge is 2.15. The smallest absolute Gasteiger partial charge is 0.339 e. The second kappa shape index (κ2) is 8.60. The van der Waals surface area contributed by atoms with Gasteiger partial charge in [0.1, 0.15) is 0 Å². The van der Waals surface area contributed by atoms with Gasteiger partial charge in [-0.1, -0.05) is 32.0 Å². The summed E-state index contributed by atoms with van der Waals surface area (Å²) in [5, 5.41) is 3.59. The molecule has 0 saturated heterocycles. The highest BCUT2D eigenvalue weighted by atomic mass is 16.5. The number of aryl methyl sites for hydroxylation is 1. The van der Waals surface area contributed by atoms with Gasteiger partial charge in [0.25, 0.3) is 5.91 Å². The summed E-state index contributed by atoms with van der Waals surface area (Å²) in [6.07, 6.45) is 1.95. The second-order valence-corrected chi connectivity index (χ2v) is 6.84. The average molecular weight is 342 g/mol. The van der Waals surface area contributed by atoms with Crippen LogP contribution >= 0.6 is 0 Å². The Morgan fingerprint density at radius 3 is 2.60 bits per heavy atom. The van der Waals surface area contributed by atoms with Crippen molar-refractivity contribution in [2.75, 3.05) is 6.61 Å². The largest absolute Gasteiger partial charge is 0.452 e. The zero-order valence-electron chi connectivity index (χ0n) is 15.3. The van der Waals surface area contributed by atoms with E-state index in [9.17, 15) is 9.59 Å². The standard InChI is InChI=1S/C20H26N2O3/c1-13(2)9-10-14(3)22-19(23)12-25-20(24)17-11-15(4)21-18-8-6-5-7-16(17)18/h5-8,11,13-14H,9-10,12H2,1-4H3,(H,22,23)/t14-/m1/s1. The molecule has 0 aliphatic heterocycles. The molecule has 0 spiro atoms. The van der Waals surface area contributed by atoms with Crippen molar-refractivity contribution in [2.45, 2.75) is 46.6 Å². The molecule has 1 aromatic carbocycles. The van der Waals surface area contributed by atoms with E-state index in [1.165, 1.54) is 0 Å². The molecule has 0 saturated carbocycles. The van der Waals surface area contributed by atoms with Crippen molar-refractivity contribution in [1.82, 2.24) is 10.3 Å². The van der Waals surface area contributed by atoms with Crippen molar-refractivity contribution in [3.63, 3.8) is 0 Å². The third-order valence-corrected chi connectivity index (χ3v) is 3.98. The summed E-state index contributed by atoms with van der Waals surface area (Å²) in [5.41, 5.74) is 1.90. The Morgan fingerprint density at radius 2 is 1.88 bits per heavy atom. The lowest BCUT2D eigenvalue weighted by molar-refractivity contribution is -0.124. The topological polar surface area (TPSA) is 68.3 Å². The van der Waals surface area contributed by atoms with Crippen molar-refractivity contribution in [1.29, 1.82) is 0 Å². The fourth-order valence-electron chi connectivity index (χ4n) is 2.66. The number of fused-ring (bicyclic) bond motifs is 1. The first kappa shape index (κ1) is 18.9. The summed E-state index contributed by atoms with van der Waals surface area (Å²) in [6, 6.07) is 9.15. The van der Waals surface area contributed by atoms with Crippen LogP contribution in [-0.4, -0.2) is 29.5 Å². The number of hydrogen-bond donors (Lipinski definition) is 1. The third kappa shape index (κ3) is 5.55. The number of esters is 1. The number of carbonyl (C=O) groups excluding carboxylic acids is 2. The minimum atomic E-state index is -0.508. The van der Waals surface area contributed by atoms with Crippen LogP contribution in [0.5, 0.6) is 0 Å². The van der Waals surface area contributed by atoms with E-state index < -0.39 is 5.97 Å². The third-order valence-electron chi connectivity index (χ3n) is 3.98. The van der Waals surface area contributed by atoms with Crippen LogP contribution in [0.25, 0.3) is 10.9 Å². The molecule has 0 aliphatic carbocycles. The van der Waals surface area contributed by atoms with Gasteiger partial charge < -0.3 is 10.1 Å². The zero-order valence-corrected chi connectivity index (χ0v) is 15.3. The Morgan fingerprint density at radius 1 is 1.16 bits per heavy atom. The number of aromatic nitrogens is 1. The molecule has 1 amide bonds. The molecule has 0 bridgehead atoms. The highest BCUT2D eigenvalue weighted by molar-refractivity contribution is 6.04. The van der Waals surface area contributed by atoms with Crippen molar-refractivity contribution in [3.8, 4) is 0 Å². The van der Waals surface area contributed by atoms with Crippen molar-refractivity contribution in [2.24, 2.45) is 5.92 Å². The van der Waals surface area contributed by atoms with Crippen LogP contribution in [0.1, 0.15) is 49.7 Å². The molecule has 134 valence electrons. The van der Waals surface area contributed by atoms with E-state index in [1.807, 2.05) is 38.1 Å². The predicted molar refractivity (Wildman–Crippen MR) is 98.4 cm³/mol. The Hall–Kier alpha value is -2.43. The van der Waals surface area contributed by atoms with Crippen LogP contribution in [0, 0.1) is 12.8 Å². The molecule has 5 heteroatoms. The number of nitrogens with zero attached hydrogens (tertiary/aromatic N) is 1. The quantitative estimate of drug-likeness (QED) is 0.780. The number of benzene rings is 1. The van der Waals surface area contributed by atoms with Gasteiger partial charge >= 0.3 is 5.97 Å². The first-order chi connectivity index (χ1) is 11.9. The summed E-state index contributed by atoms with van der Waals surface area (Å²) in [4.78, 5) is 28.8. The van der Waals surface area contributed by atoms with Crippen LogP contribution in [-0.2, 0) is 9.53 Å². The van der Waals surface area contributed by atoms with E-state index in [0.29, 0.717) is 11.5 Å². The van der Waals surface area contributed by atoms with Crippen molar-refractivity contribution >= 4 is 22.8 Å². The van der Waals surface area contributed by atoms with E-state index in [2.05, 4.69) is 24.1 Å². The lowest BCUT2D eigenvalue weighted by Gasteiger charge is -2.15. The van der Waals surface area contributed by atoms with Crippen LogP contribution in [0.15, 0.2) is 30.3 Å². The van der Waals surface area contributed by atoms with Gasteiger partial charge in [-0.25, -0.2) is 4.79 Å². The molecule has 5 nitrogen and oxygen atoms in total. The lowest BCUT2D eigenvalue weighted by atomic mass is 10.0. The molecular formula is C20H26N2O3. The number of hydrogen-bond acceptors (Lipinski definition) is 4. The Balaban J connectivity index is 1.95. The molecule has 0 unspecified atom stereocenters. The van der Waals surface area contributed by atoms with E-state index in [1.54, 1.807) is 6.07 Å². The Bertz CT molecular complexity index is 756. The zero-order chi connectivity index (χ0) is 18.4. The molecule has 0 aliphatic rings. The minimum Gasteiger partial charge on any atom is -0.452 e. The summed E-state index contributed by atoms with van der Waals surface area (Å²) in [5.74, 6) is -0.188. The fourth-order valence-corrected chi connectivity index (χ4v) is 2.66. The van der Waals surface area contributed by atoms with Crippen LogP contribution in [0.2, 0.25) is 0 Å². The van der Waals surface area contributed by atoms with Gasteiger partial charge in [0, 0.05) is 17.1 Å². The van der Waals surface area contributed by atoms with Crippen LogP contribution < -0.4 is 5.32 Å². The minimum absolute atomic E-state index is 0.0672. The average Bonchev–Trinajstić information content (AvgIpc) is 2.57. The summed E-state index contributed by atoms with van der Waals surface area (Å²) < 4.78 is 5.20. The molecule has 1 heterocycles. The Labute approximate surface area is 148 Å². The molecule has 0 fully saturated rings. The molecule has 1 N–H and O–H groups in total. The number of ether oxygens (including phenoxy) is 1. The number of nitrogens with one attached hydrogen (secondary N) is 1. The molecule has 2 aromatic rings. The van der Waals surface area contributed by atoms with E-state index >= 15 is 0 Å². The molecule has 25 heavy (non-hydrogen) atoms.